The van der Waals surface area contributed by atoms with Gasteiger partial charge in [-0.25, -0.2) is 4.39 Å². The van der Waals surface area contributed by atoms with Crippen molar-refractivity contribution in [3.8, 4) is 0 Å². The number of benzene rings is 1. The summed E-state index contributed by atoms with van der Waals surface area (Å²) in [6.45, 7) is 5.27. The molecular formula is C18H25FN2. The second kappa shape index (κ2) is 5.69. The van der Waals surface area contributed by atoms with Crippen LogP contribution in [0.25, 0.3) is 0 Å². The molecule has 0 spiro atoms. The molecular weight excluding hydrogens is 263 g/mol. The van der Waals surface area contributed by atoms with Gasteiger partial charge in [0.25, 0.3) is 0 Å². The fraction of sp³-hybridized carbons (Fsp3) is 0.667. The maximum Gasteiger partial charge on any atom is 0.127 e. The summed E-state index contributed by atoms with van der Waals surface area (Å²) in [5, 5.41) is 0. The lowest BCUT2D eigenvalue weighted by Crippen LogP contribution is -2.51. The predicted molar refractivity (Wildman–Crippen MR) is 82.5 cm³/mol. The first-order valence-electron chi connectivity index (χ1n) is 8.49. The Morgan fingerprint density at radius 3 is 2.48 bits per heavy atom. The quantitative estimate of drug-likeness (QED) is 0.843. The van der Waals surface area contributed by atoms with E-state index in [4.69, 9.17) is 0 Å². The van der Waals surface area contributed by atoms with E-state index in [-0.39, 0.29) is 5.82 Å². The first-order valence-corrected chi connectivity index (χ1v) is 8.49. The molecule has 1 saturated heterocycles. The molecule has 3 fully saturated rings. The van der Waals surface area contributed by atoms with E-state index in [1.165, 1.54) is 38.8 Å². The van der Waals surface area contributed by atoms with Gasteiger partial charge in [0.05, 0.1) is 0 Å². The average molecular weight is 288 g/mol. The first kappa shape index (κ1) is 13.7. The fourth-order valence-electron chi connectivity index (χ4n) is 4.78. The third-order valence-corrected chi connectivity index (χ3v) is 5.93. The van der Waals surface area contributed by atoms with Crippen LogP contribution in [0.1, 0.15) is 31.2 Å². The van der Waals surface area contributed by atoms with E-state index in [0.29, 0.717) is 0 Å². The van der Waals surface area contributed by atoms with Gasteiger partial charge in [-0.3, -0.25) is 9.80 Å². The molecule has 4 rings (SSSR count). The summed E-state index contributed by atoms with van der Waals surface area (Å²) in [5.74, 6) is 1.94. The number of nitrogens with zero attached hydrogens (tertiary/aromatic N) is 2. The minimum absolute atomic E-state index is 0.0620. The molecule has 1 aromatic carbocycles. The summed E-state index contributed by atoms with van der Waals surface area (Å²) in [4.78, 5) is 5.13. The number of halogens is 1. The second-order valence-corrected chi connectivity index (χ2v) is 7.15. The Kier molecular flexibility index (Phi) is 3.72. The molecule has 0 N–H and O–H groups in total. The van der Waals surface area contributed by atoms with Gasteiger partial charge in [0.15, 0.2) is 0 Å². The van der Waals surface area contributed by atoms with Crippen LogP contribution >= 0.6 is 0 Å². The van der Waals surface area contributed by atoms with Crippen molar-refractivity contribution in [1.29, 1.82) is 0 Å². The van der Waals surface area contributed by atoms with Crippen molar-refractivity contribution >= 4 is 0 Å². The molecule has 2 bridgehead atoms. The lowest BCUT2D eigenvalue weighted by atomic mass is 9.93. The highest BCUT2D eigenvalue weighted by Crippen LogP contribution is 2.46. The Morgan fingerprint density at radius 1 is 1.00 bits per heavy atom. The highest BCUT2D eigenvalue weighted by atomic mass is 19.1. The van der Waals surface area contributed by atoms with Crippen molar-refractivity contribution in [2.75, 3.05) is 26.2 Å². The van der Waals surface area contributed by atoms with Crippen LogP contribution in [0, 0.1) is 17.7 Å². The first-order chi connectivity index (χ1) is 10.3. The summed E-state index contributed by atoms with van der Waals surface area (Å²) in [5.41, 5.74) is 0.839. The van der Waals surface area contributed by atoms with Gasteiger partial charge in [0, 0.05) is 44.3 Å². The van der Waals surface area contributed by atoms with Gasteiger partial charge >= 0.3 is 0 Å². The van der Waals surface area contributed by atoms with Crippen LogP contribution in [0.15, 0.2) is 24.3 Å². The summed E-state index contributed by atoms with van der Waals surface area (Å²) in [6.07, 6.45) is 5.87. The van der Waals surface area contributed by atoms with E-state index in [9.17, 15) is 4.39 Å². The van der Waals surface area contributed by atoms with E-state index in [1.54, 1.807) is 12.1 Å². The van der Waals surface area contributed by atoms with Crippen LogP contribution in [-0.2, 0) is 6.54 Å². The van der Waals surface area contributed by atoms with Crippen LogP contribution in [0.3, 0.4) is 0 Å². The third-order valence-electron chi connectivity index (χ3n) is 5.93. The van der Waals surface area contributed by atoms with Gasteiger partial charge in [0.2, 0.25) is 0 Å². The molecule has 1 aromatic rings. The van der Waals surface area contributed by atoms with E-state index >= 15 is 0 Å². The minimum atomic E-state index is -0.0620. The standard InChI is InChI=1S/C18H25FN2/c19-17-4-2-1-3-16(17)13-20-7-9-21(10-8-20)18-12-14-5-6-15(18)11-14/h1-4,14-15,18H,5-13H2/t14-,15-,18+/m0/s1. The number of rotatable bonds is 3. The highest BCUT2D eigenvalue weighted by molar-refractivity contribution is 5.17. The predicted octanol–water partition coefficient (Wildman–Crippen LogP) is 3.13. The summed E-state index contributed by atoms with van der Waals surface area (Å²) in [6, 6.07) is 8.05. The van der Waals surface area contributed by atoms with Gasteiger partial charge in [-0.15, -0.1) is 0 Å². The summed E-state index contributed by atoms with van der Waals surface area (Å²) >= 11 is 0. The number of piperazine rings is 1. The third kappa shape index (κ3) is 2.74. The monoisotopic (exact) mass is 288 g/mol. The summed E-state index contributed by atoms with van der Waals surface area (Å²) in [7, 11) is 0. The molecule has 3 aliphatic rings. The molecule has 1 aliphatic heterocycles. The molecule has 2 saturated carbocycles. The van der Waals surface area contributed by atoms with E-state index in [2.05, 4.69) is 9.80 Å². The number of hydrogen-bond donors (Lipinski definition) is 0. The van der Waals surface area contributed by atoms with Gasteiger partial charge in [-0.2, -0.15) is 0 Å². The molecule has 2 aliphatic carbocycles. The molecule has 0 radical (unpaired) electrons. The fourth-order valence-corrected chi connectivity index (χ4v) is 4.78. The Hall–Kier alpha value is -0.930. The Bertz CT molecular complexity index is 496. The van der Waals surface area contributed by atoms with E-state index in [0.717, 1.165) is 43.1 Å². The van der Waals surface area contributed by atoms with Crippen molar-refractivity contribution in [3.63, 3.8) is 0 Å². The zero-order valence-electron chi connectivity index (χ0n) is 12.7. The maximum atomic E-state index is 13.7. The van der Waals surface area contributed by atoms with Crippen LogP contribution < -0.4 is 0 Å². The Balaban J connectivity index is 1.32. The van der Waals surface area contributed by atoms with Gasteiger partial charge in [-0.05, 0) is 37.2 Å². The van der Waals surface area contributed by atoms with Crippen molar-refractivity contribution in [1.82, 2.24) is 9.80 Å². The SMILES string of the molecule is Fc1ccccc1CN1CCN([C@@H]2C[C@H]3CC[C@H]2C3)CC1. The highest BCUT2D eigenvalue weighted by Gasteiger charge is 2.42. The molecule has 3 atom stereocenters. The molecule has 0 amide bonds. The molecule has 0 aromatic heterocycles. The normalized spacial score (nSPS) is 33.7. The molecule has 2 nitrogen and oxygen atoms in total. The van der Waals surface area contributed by atoms with Gasteiger partial charge < -0.3 is 0 Å². The topological polar surface area (TPSA) is 6.48 Å². The van der Waals surface area contributed by atoms with E-state index in [1.807, 2.05) is 12.1 Å². The maximum absolute atomic E-state index is 13.7. The Morgan fingerprint density at radius 2 is 1.81 bits per heavy atom. The number of fused-ring (bicyclic) bond motifs is 2. The molecule has 0 unspecified atom stereocenters. The van der Waals surface area contributed by atoms with Crippen LogP contribution in [0.4, 0.5) is 4.39 Å². The van der Waals surface area contributed by atoms with Crippen LogP contribution in [0.2, 0.25) is 0 Å². The van der Waals surface area contributed by atoms with Crippen molar-refractivity contribution in [2.45, 2.75) is 38.3 Å². The molecule has 3 heteroatoms. The zero-order valence-corrected chi connectivity index (χ0v) is 12.7. The lowest BCUT2D eigenvalue weighted by Gasteiger charge is -2.41. The second-order valence-electron chi connectivity index (χ2n) is 7.15. The van der Waals surface area contributed by atoms with Gasteiger partial charge in [-0.1, -0.05) is 24.6 Å². The molecule has 114 valence electrons. The minimum Gasteiger partial charge on any atom is -0.298 e. The smallest absolute Gasteiger partial charge is 0.127 e. The largest absolute Gasteiger partial charge is 0.298 e. The molecule has 1 heterocycles. The van der Waals surface area contributed by atoms with Crippen molar-refractivity contribution < 1.29 is 4.39 Å². The lowest BCUT2D eigenvalue weighted by molar-refractivity contribution is 0.0675. The zero-order chi connectivity index (χ0) is 14.2. The van der Waals surface area contributed by atoms with E-state index < -0.39 is 0 Å². The van der Waals surface area contributed by atoms with Crippen molar-refractivity contribution in [3.05, 3.63) is 35.6 Å². The average Bonchev–Trinajstić information content (AvgIpc) is 3.13. The molecule has 21 heavy (non-hydrogen) atoms. The van der Waals surface area contributed by atoms with Gasteiger partial charge in [0.1, 0.15) is 5.82 Å². The van der Waals surface area contributed by atoms with Crippen LogP contribution in [-0.4, -0.2) is 42.0 Å². The van der Waals surface area contributed by atoms with Crippen molar-refractivity contribution in [2.24, 2.45) is 11.8 Å². The summed E-state index contributed by atoms with van der Waals surface area (Å²) < 4.78 is 13.7. The number of hydrogen-bond acceptors (Lipinski definition) is 2. The van der Waals surface area contributed by atoms with Crippen LogP contribution in [0.5, 0.6) is 0 Å². The Labute approximate surface area is 126 Å².